The van der Waals surface area contributed by atoms with Gasteiger partial charge in [0.2, 0.25) is 0 Å². The third kappa shape index (κ3) is 1.85. The van der Waals surface area contributed by atoms with E-state index >= 15 is 0 Å². The van der Waals surface area contributed by atoms with Gasteiger partial charge in [0.15, 0.2) is 0 Å². The van der Waals surface area contributed by atoms with Crippen molar-refractivity contribution in [3.05, 3.63) is 12.7 Å². The van der Waals surface area contributed by atoms with Gasteiger partial charge in [0.1, 0.15) is 0 Å². The van der Waals surface area contributed by atoms with E-state index in [0.29, 0.717) is 6.08 Å². The van der Waals surface area contributed by atoms with Gasteiger partial charge in [-0.3, -0.25) is 4.79 Å². The van der Waals surface area contributed by atoms with E-state index in [0.717, 1.165) is 0 Å². The summed E-state index contributed by atoms with van der Waals surface area (Å²) < 4.78 is 28.8. The van der Waals surface area contributed by atoms with Crippen molar-refractivity contribution < 1.29 is 17.8 Å². The first-order valence-corrected chi connectivity index (χ1v) is 3.01. The van der Waals surface area contributed by atoms with Crippen LogP contribution < -0.4 is 0 Å². The lowest BCUT2D eigenvalue weighted by Crippen LogP contribution is -2.07. The summed E-state index contributed by atoms with van der Waals surface area (Å²) in [6.07, 6.45) is 0.461. The molecule has 0 aliphatic heterocycles. The maximum Gasteiger partial charge on any atom is 0.362 e. The number of hydrogen-bond donors (Lipinski definition) is 0. The summed E-state index contributed by atoms with van der Waals surface area (Å²) in [5, 5.41) is -1.49. The standard InChI is InChI=1S/C3H3O4S/c1-2-3(4)8(5,6)7/h2H,1H2. The fraction of sp³-hybridized carbons (Fsp3) is 0. The first-order chi connectivity index (χ1) is 3.48. The number of carbonyl (C=O) groups is 1. The minimum Gasteiger partial charge on any atom is -0.274 e. The highest BCUT2D eigenvalue weighted by molar-refractivity contribution is 8.01. The third-order valence-corrected chi connectivity index (χ3v) is 1.07. The van der Waals surface area contributed by atoms with Crippen LogP contribution in [0.2, 0.25) is 0 Å². The van der Waals surface area contributed by atoms with E-state index in [1.54, 1.807) is 0 Å². The van der Waals surface area contributed by atoms with Crippen molar-refractivity contribution >= 4 is 15.2 Å². The van der Waals surface area contributed by atoms with Gasteiger partial charge in [-0.15, -0.1) is 0 Å². The third-order valence-electron chi connectivity index (χ3n) is 0.413. The Labute approximate surface area is 46.6 Å². The van der Waals surface area contributed by atoms with E-state index in [2.05, 4.69) is 6.58 Å². The first kappa shape index (κ1) is 7.32. The predicted octanol–water partition coefficient (Wildman–Crippen LogP) is -0.541. The fourth-order valence-electron chi connectivity index (χ4n) is 0.102. The summed E-state index contributed by atoms with van der Waals surface area (Å²) in [5.74, 6) is 0. The van der Waals surface area contributed by atoms with Crippen molar-refractivity contribution in [3.63, 3.8) is 0 Å². The first-order valence-electron chi connectivity index (χ1n) is 1.61. The van der Waals surface area contributed by atoms with Crippen LogP contribution in [0, 0.1) is 0 Å². The highest BCUT2D eigenvalue weighted by Gasteiger charge is 2.14. The van der Waals surface area contributed by atoms with Gasteiger partial charge in [0, 0.05) is 0 Å². The van der Waals surface area contributed by atoms with Crippen molar-refractivity contribution in [1.82, 2.24) is 0 Å². The maximum atomic E-state index is 9.81. The van der Waals surface area contributed by atoms with E-state index in [4.69, 9.17) is 0 Å². The molecule has 0 aromatic carbocycles. The van der Waals surface area contributed by atoms with Crippen LogP contribution in [-0.2, 0) is 19.5 Å². The summed E-state index contributed by atoms with van der Waals surface area (Å²) in [4.78, 5) is 9.81. The fourth-order valence-corrected chi connectivity index (χ4v) is 0.306. The topological polar surface area (TPSA) is 71.1 Å². The number of hydrogen-bond acceptors (Lipinski definition) is 3. The maximum absolute atomic E-state index is 9.81. The van der Waals surface area contributed by atoms with E-state index in [1.165, 1.54) is 0 Å². The molecule has 0 aliphatic carbocycles. The quantitative estimate of drug-likeness (QED) is 0.453. The SMILES string of the molecule is C=CC(=O)S([O])(=O)=O. The van der Waals surface area contributed by atoms with Crippen LogP contribution >= 0.6 is 0 Å². The summed E-state index contributed by atoms with van der Waals surface area (Å²) >= 11 is 0. The van der Waals surface area contributed by atoms with E-state index in [-0.39, 0.29) is 0 Å². The second-order valence-electron chi connectivity index (χ2n) is 0.977. The van der Waals surface area contributed by atoms with E-state index in [9.17, 15) is 17.8 Å². The van der Waals surface area contributed by atoms with Gasteiger partial charge >= 0.3 is 10.1 Å². The molecule has 8 heavy (non-hydrogen) atoms. The van der Waals surface area contributed by atoms with Crippen LogP contribution in [-0.4, -0.2) is 13.5 Å². The Hall–Kier alpha value is -0.680. The molecule has 0 saturated heterocycles. The Morgan fingerprint density at radius 3 is 1.88 bits per heavy atom. The van der Waals surface area contributed by atoms with Crippen LogP contribution in [0.5, 0.6) is 0 Å². The molecule has 0 unspecified atom stereocenters. The largest absolute Gasteiger partial charge is 0.362 e. The average molecular weight is 135 g/mol. The van der Waals surface area contributed by atoms with Crippen molar-refractivity contribution in [2.45, 2.75) is 0 Å². The monoisotopic (exact) mass is 135 g/mol. The van der Waals surface area contributed by atoms with Crippen molar-refractivity contribution in [3.8, 4) is 0 Å². The highest BCUT2D eigenvalue weighted by atomic mass is 32.2. The van der Waals surface area contributed by atoms with Gasteiger partial charge in [-0.2, -0.15) is 8.42 Å². The van der Waals surface area contributed by atoms with E-state index < -0.39 is 15.2 Å². The molecule has 0 saturated carbocycles. The van der Waals surface area contributed by atoms with Crippen molar-refractivity contribution in [2.75, 3.05) is 0 Å². The van der Waals surface area contributed by atoms with Crippen LogP contribution in [0.1, 0.15) is 0 Å². The number of rotatable bonds is 1. The average Bonchev–Trinajstić information content (AvgIpc) is 1.62. The Morgan fingerprint density at radius 2 is 1.88 bits per heavy atom. The lowest BCUT2D eigenvalue weighted by molar-refractivity contribution is -0.108. The molecule has 0 rings (SSSR count). The zero-order valence-electron chi connectivity index (χ0n) is 3.83. The Kier molecular flexibility index (Phi) is 1.88. The molecule has 0 amide bonds. The molecule has 0 bridgehead atoms. The Morgan fingerprint density at radius 1 is 1.50 bits per heavy atom. The molecule has 4 nitrogen and oxygen atoms in total. The minimum atomic E-state index is -4.76. The molecule has 0 aromatic rings. The Balaban J connectivity index is 4.53. The summed E-state index contributed by atoms with van der Waals surface area (Å²) in [6.45, 7) is 2.80. The van der Waals surface area contributed by atoms with Crippen molar-refractivity contribution in [1.29, 1.82) is 0 Å². The summed E-state index contributed by atoms with van der Waals surface area (Å²) in [6, 6.07) is 0. The lowest BCUT2D eigenvalue weighted by Gasteiger charge is -1.78. The van der Waals surface area contributed by atoms with Gasteiger partial charge in [-0.25, -0.2) is 0 Å². The molecule has 45 valence electrons. The van der Waals surface area contributed by atoms with Gasteiger partial charge in [0.05, 0.1) is 0 Å². The van der Waals surface area contributed by atoms with Gasteiger partial charge in [-0.05, 0) is 6.08 Å². The minimum absolute atomic E-state index is 0.461. The second kappa shape index (κ2) is 2.06. The molecular formula is C3H3O4S. The molecule has 0 spiro atoms. The van der Waals surface area contributed by atoms with Crippen LogP contribution in [0.25, 0.3) is 0 Å². The molecule has 0 fully saturated rings. The Bertz CT molecular complexity index is 199. The van der Waals surface area contributed by atoms with Crippen LogP contribution in [0.15, 0.2) is 12.7 Å². The molecule has 0 aromatic heterocycles. The molecule has 0 heterocycles. The second-order valence-corrected chi connectivity index (χ2v) is 2.29. The molecule has 0 atom stereocenters. The van der Waals surface area contributed by atoms with Gasteiger partial charge in [-0.1, -0.05) is 11.1 Å². The molecule has 5 heteroatoms. The normalized spacial score (nSPS) is 10.6. The van der Waals surface area contributed by atoms with Crippen LogP contribution in [0.4, 0.5) is 0 Å². The summed E-state index contributed by atoms with van der Waals surface area (Å²) in [7, 11) is -4.76. The molecule has 0 N–H and O–H groups in total. The molecular weight excluding hydrogens is 132 g/mol. The highest BCUT2D eigenvalue weighted by Crippen LogP contribution is 1.84. The molecule has 0 aliphatic rings. The zero-order chi connectivity index (χ0) is 6.78. The zero-order valence-corrected chi connectivity index (χ0v) is 4.64. The summed E-state index contributed by atoms with van der Waals surface area (Å²) in [5.41, 5.74) is 0. The van der Waals surface area contributed by atoms with Crippen molar-refractivity contribution in [2.24, 2.45) is 0 Å². The van der Waals surface area contributed by atoms with Gasteiger partial charge in [0.25, 0.3) is 5.12 Å². The van der Waals surface area contributed by atoms with Gasteiger partial charge < -0.3 is 0 Å². The lowest BCUT2D eigenvalue weighted by atomic mass is 10.7. The van der Waals surface area contributed by atoms with E-state index in [1.807, 2.05) is 0 Å². The molecule has 1 radical (unpaired) electrons. The van der Waals surface area contributed by atoms with Crippen LogP contribution in [0.3, 0.4) is 0 Å². The predicted molar refractivity (Wildman–Crippen MR) is 24.8 cm³/mol. The number of carbonyl (C=O) groups excluding carboxylic acids is 1. The smallest absolute Gasteiger partial charge is 0.274 e.